The van der Waals surface area contributed by atoms with Crippen molar-refractivity contribution in [2.24, 2.45) is 0 Å². The molecule has 0 aliphatic carbocycles. The number of sulfonamides is 1. The Morgan fingerprint density at radius 2 is 1.56 bits per heavy atom. The normalized spacial score (nSPS) is 11.3. The van der Waals surface area contributed by atoms with Crippen LogP contribution in [0.3, 0.4) is 0 Å². The standard InChI is InChI=1S/C26H27NO6S/c1-4-32-22-15-13-21(14-16-22)27(34(29,30)23-9-7-6-8-10-23)26(28)18-12-20-11-17-24(33-5-2)25(19-20)31-3/h6-19H,4-5H2,1-3H3/b18-12+. The van der Waals surface area contributed by atoms with Crippen LogP contribution in [0.1, 0.15) is 19.4 Å². The van der Waals surface area contributed by atoms with Crippen molar-refractivity contribution in [1.82, 2.24) is 0 Å². The van der Waals surface area contributed by atoms with Gasteiger partial charge in [-0.05, 0) is 74.0 Å². The number of carbonyl (C=O) groups excluding carboxylic acids is 1. The van der Waals surface area contributed by atoms with E-state index in [9.17, 15) is 13.2 Å². The van der Waals surface area contributed by atoms with Crippen LogP contribution in [-0.4, -0.2) is 34.6 Å². The van der Waals surface area contributed by atoms with Crippen LogP contribution in [0, 0.1) is 0 Å². The first-order chi connectivity index (χ1) is 16.4. The number of hydrogen-bond donors (Lipinski definition) is 0. The minimum Gasteiger partial charge on any atom is -0.494 e. The minimum atomic E-state index is -4.16. The molecule has 3 rings (SSSR count). The number of anilines is 1. The lowest BCUT2D eigenvalue weighted by Gasteiger charge is -2.21. The third kappa shape index (κ3) is 5.77. The van der Waals surface area contributed by atoms with Gasteiger partial charge in [-0.25, -0.2) is 8.42 Å². The molecule has 3 aromatic rings. The van der Waals surface area contributed by atoms with Crippen LogP contribution in [0.25, 0.3) is 6.08 Å². The van der Waals surface area contributed by atoms with E-state index in [0.29, 0.717) is 36.0 Å². The van der Waals surface area contributed by atoms with Crippen molar-refractivity contribution in [3.8, 4) is 17.2 Å². The van der Waals surface area contributed by atoms with Crippen molar-refractivity contribution in [3.63, 3.8) is 0 Å². The first-order valence-electron chi connectivity index (χ1n) is 10.8. The molecule has 0 saturated heterocycles. The van der Waals surface area contributed by atoms with E-state index in [1.54, 1.807) is 48.5 Å². The molecule has 7 nitrogen and oxygen atoms in total. The van der Waals surface area contributed by atoms with E-state index in [4.69, 9.17) is 14.2 Å². The molecular weight excluding hydrogens is 454 g/mol. The van der Waals surface area contributed by atoms with E-state index in [0.717, 1.165) is 4.31 Å². The summed E-state index contributed by atoms with van der Waals surface area (Å²) in [5.74, 6) is 0.946. The number of nitrogens with zero attached hydrogens (tertiary/aromatic N) is 1. The van der Waals surface area contributed by atoms with Crippen molar-refractivity contribution in [2.75, 3.05) is 24.6 Å². The van der Waals surface area contributed by atoms with Gasteiger partial charge in [0.05, 0.1) is 30.9 Å². The quantitative estimate of drug-likeness (QED) is 0.382. The second kappa shape index (κ2) is 11.4. The summed E-state index contributed by atoms with van der Waals surface area (Å²) in [4.78, 5) is 13.3. The Hall–Kier alpha value is -3.78. The highest BCUT2D eigenvalue weighted by atomic mass is 32.2. The fourth-order valence-corrected chi connectivity index (χ4v) is 4.63. The number of amides is 1. The molecule has 0 radical (unpaired) electrons. The molecule has 1 amide bonds. The molecular formula is C26H27NO6S. The van der Waals surface area contributed by atoms with Gasteiger partial charge in [-0.2, -0.15) is 4.31 Å². The van der Waals surface area contributed by atoms with Crippen LogP contribution in [0.5, 0.6) is 17.2 Å². The van der Waals surface area contributed by atoms with Crippen molar-refractivity contribution < 1.29 is 27.4 Å². The van der Waals surface area contributed by atoms with Gasteiger partial charge in [0.15, 0.2) is 11.5 Å². The highest BCUT2D eigenvalue weighted by Gasteiger charge is 2.29. The molecule has 0 aliphatic rings. The molecule has 0 saturated carbocycles. The molecule has 34 heavy (non-hydrogen) atoms. The van der Waals surface area contributed by atoms with Gasteiger partial charge in [-0.1, -0.05) is 24.3 Å². The predicted molar refractivity (Wildman–Crippen MR) is 132 cm³/mol. The van der Waals surface area contributed by atoms with E-state index in [1.807, 2.05) is 13.8 Å². The molecule has 0 heterocycles. The third-order valence-electron chi connectivity index (χ3n) is 4.77. The van der Waals surface area contributed by atoms with Gasteiger partial charge in [0.25, 0.3) is 15.9 Å². The maximum Gasteiger partial charge on any atom is 0.271 e. The van der Waals surface area contributed by atoms with Crippen molar-refractivity contribution in [2.45, 2.75) is 18.7 Å². The number of benzene rings is 3. The van der Waals surface area contributed by atoms with Crippen molar-refractivity contribution >= 4 is 27.7 Å². The molecule has 8 heteroatoms. The zero-order valence-corrected chi connectivity index (χ0v) is 20.1. The largest absolute Gasteiger partial charge is 0.494 e. The van der Waals surface area contributed by atoms with E-state index < -0.39 is 15.9 Å². The van der Waals surface area contributed by atoms with Gasteiger partial charge in [-0.15, -0.1) is 0 Å². The zero-order chi connectivity index (χ0) is 24.6. The van der Waals surface area contributed by atoms with Crippen LogP contribution in [0.2, 0.25) is 0 Å². The second-order valence-electron chi connectivity index (χ2n) is 7.02. The Morgan fingerprint density at radius 3 is 2.18 bits per heavy atom. The Balaban J connectivity index is 1.98. The predicted octanol–water partition coefficient (Wildman–Crippen LogP) is 4.93. The van der Waals surface area contributed by atoms with Crippen LogP contribution < -0.4 is 18.5 Å². The van der Waals surface area contributed by atoms with Crippen LogP contribution in [-0.2, 0) is 14.8 Å². The van der Waals surface area contributed by atoms with Gasteiger partial charge in [0, 0.05) is 6.08 Å². The van der Waals surface area contributed by atoms with Crippen LogP contribution in [0.4, 0.5) is 5.69 Å². The van der Waals surface area contributed by atoms with Crippen LogP contribution in [0.15, 0.2) is 83.8 Å². The number of ether oxygens (including phenoxy) is 3. The summed E-state index contributed by atoms with van der Waals surface area (Å²) >= 11 is 0. The molecule has 3 aromatic carbocycles. The molecule has 0 bridgehead atoms. The maximum absolute atomic E-state index is 13.4. The van der Waals surface area contributed by atoms with Gasteiger partial charge >= 0.3 is 0 Å². The molecule has 0 aliphatic heterocycles. The molecule has 0 spiro atoms. The summed E-state index contributed by atoms with van der Waals surface area (Å²) < 4.78 is 43.9. The van der Waals surface area contributed by atoms with E-state index >= 15 is 0 Å². The molecule has 0 N–H and O–H groups in total. The van der Waals surface area contributed by atoms with Crippen molar-refractivity contribution in [3.05, 3.63) is 84.4 Å². The summed E-state index contributed by atoms with van der Waals surface area (Å²) in [6.07, 6.45) is 2.74. The van der Waals surface area contributed by atoms with Gasteiger partial charge < -0.3 is 14.2 Å². The average molecular weight is 482 g/mol. The van der Waals surface area contributed by atoms with E-state index in [1.165, 1.54) is 43.5 Å². The fourth-order valence-electron chi connectivity index (χ4n) is 3.22. The lowest BCUT2D eigenvalue weighted by molar-refractivity contribution is -0.113. The maximum atomic E-state index is 13.4. The lowest BCUT2D eigenvalue weighted by Crippen LogP contribution is -2.35. The topological polar surface area (TPSA) is 82.1 Å². The lowest BCUT2D eigenvalue weighted by atomic mass is 10.2. The minimum absolute atomic E-state index is 0.00775. The van der Waals surface area contributed by atoms with Gasteiger partial charge in [-0.3, -0.25) is 4.79 Å². The van der Waals surface area contributed by atoms with Crippen LogP contribution >= 0.6 is 0 Å². The number of rotatable bonds is 10. The third-order valence-corrected chi connectivity index (χ3v) is 6.51. The first kappa shape index (κ1) is 24.9. The Kier molecular flexibility index (Phi) is 8.32. The van der Waals surface area contributed by atoms with Gasteiger partial charge in [0.2, 0.25) is 0 Å². The number of carbonyl (C=O) groups is 1. The molecule has 0 atom stereocenters. The summed E-state index contributed by atoms with van der Waals surface area (Å²) in [5.41, 5.74) is 0.851. The summed E-state index contributed by atoms with van der Waals surface area (Å²) in [6, 6.07) is 19.3. The molecule has 0 aromatic heterocycles. The van der Waals surface area contributed by atoms with Crippen molar-refractivity contribution in [1.29, 1.82) is 0 Å². The van der Waals surface area contributed by atoms with E-state index in [2.05, 4.69) is 0 Å². The Morgan fingerprint density at radius 1 is 0.882 bits per heavy atom. The Bertz CT molecular complexity index is 1240. The summed E-state index contributed by atoms with van der Waals surface area (Å²) in [7, 11) is -2.64. The first-order valence-corrected chi connectivity index (χ1v) is 12.2. The number of hydrogen-bond acceptors (Lipinski definition) is 6. The highest BCUT2D eigenvalue weighted by Crippen LogP contribution is 2.29. The smallest absolute Gasteiger partial charge is 0.271 e. The second-order valence-corrected chi connectivity index (χ2v) is 8.81. The zero-order valence-electron chi connectivity index (χ0n) is 19.3. The Labute approximate surface area is 200 Å². The van der Waals surface area contributed by atoms with E-state index in [-0.39, 0.29) is 10.6 Å². The summed E-state index contributed by atoms with van der Waals surface area (Å²) in [5, 5.41) is 0. The fraction of sp³-hybridized carbons (Fsp3) is 0.192. The monoisotopic (exact) mass is 481 g/mol. The SMILES string of the molecule is CCOc1ccc(N(C(=O)/C=C/c2ccc(OCC)c(OC)c2)S(=O)(=O)c2ccccc2)cc1. The van der Waals surface area contributed by atoms with Gasteiger partial charge in [0.1, 0.15) is 5.75 Å². The number of methoxy groups -OCH3 is 1. The molecule has 0 fully saturated rings. The molecule has 0 unspecified atom stereocenters. The highest BCUT2D eigenvalue weighted by molar-refractivity contribution is 7.93. The average Bonchev–Trinajstić information content (AvgIpc) is 2.85. The summed E-state index contributed by atoms with van der Waals surface area (Å²) in [6.45, 7) is 4.68. The molecule has 178 valence electrons.